The second-order valence-electron chi connectivity index (χ2n) is 5.60. The Bertz CT molecular complexity index is 648. The lowest BCUT2D eigenvalue weighted by atomic mass is 9.95. The van der Waals surface area contributed by atoms with E-state index in [1.54, 1.807) is 6.07 Å². The molecule has 1 fully saturated rings. The Morgan fingerprint density at radius 2 is 2.00 bits per heavy atom. The molecular weight excluding hydrogens is 264 g/mol. The van der Waals surface area contributed by atoms with Gasteiger partial charge in [0.25, 0.3) is 0 Å². The van der Waals surface area contributed by atoms with Gasteiger partial charge in [0.1, 0.15) is 5.82 Å². The molecule has 110 valence electrons. The number of anilines is 1. The molecule has 3 rings (SSSR count). The van der Waals surface area contributed by atoms with Gasteiger partial charge in [-0.05, 0) is 36.4 Å². The van der Waals surface area contributed by atoms with Crippen molar-refractivity contribution >= 4 is 22.6 Å². The van der Waals surface area contributed by atoms with E-state index in [1.165, 1.54) is 39.2 Å². The highest BCUT2D eigenvalue weighted by atomic mass is 16.5. The van der Waals surface area contributed by atoms with Crippen LogP contribution in [0.5, 0.6) is 0 Å². The summed E-state index contributed by atoms with van der Waals surface area (Å²) in [6, 6.07) is 8.13. The van der Waals surface area contributed by atoms with E-state index in [2.05, 4.69) is 10.3 Å². The smallest absolute Gasteiger partial charge is 0.337 e. The van der Waals surface area contributed by atoms with Gasteiger partial charge in [-0.25, -0.2) is 9.78 Å². The Kier molecular flexibility index (Phi) is 4.04. The van der Waals surface area contributed by atoms with Crippen molar-refractivity contribution in [1.29, 1.82) is 0 Å². The van der Waals surface area contributed by atoms with Crippen LogP contribution in [0, 0.1) is 0 Å². The fourth-order valence-corrected chi connectivity index (χ4v) is 2.92. The van der Waals surface area contributed by atoms with Crippen LogP contribution in [0.4, 0.5) is 5.82 Å². The van der Waals surface area contributed by atoms with Crippen molar-refractivity contribution in [2.24, 2.45) is 0 Å². The molecule has 0 atom stereocenters. The molecule has 0 bridgehead atoms. The summed E-state index contributed by atoms with van der Waals surface area (Å²) in [7, 11) is 1.39. The zero-order chi connectivity index (χ0) is 14.7. The highest BCUT2D eigenvalue weighted by molar-refractivity contribution is 5.95. The number of esters is 1. The number of pyridine rings is 1. The molecule has 1 N–H and O–H groups in total. The zero-order valence-electron chi connectivity index (χ0n) is 12.3. The van der Waals surface area contributed by atoms with E-state index in [4.69, 9.17) is 4.74 Å². The Labute approximate surface area is 124 Å². The number of carbonyl (C=O) groups is 1. The van der Waals surface area contributed by atoms with Crippen LogP contribution >= 0.6 is 0 Å². The molecule has 0 amide bonds. The molecule has 0 saturated heterocycles. The molecule has 1 saturated carbocycles. The van der Waals surface area contributed by atoms with Gasteiger partial charge >= 0.3 is 5.97 Å². The van der Waals surface area contributed by atoms with Gasteiger partial charge < -0.3 is 10.1 Å². The van der Waals surface area contributed by atoms with E-state index in [-0.39, 0.29) is 5.97 Å². The molecule has 21 heavy (non-hydrogen) atoms. The molecule has 1 aliphatic carbocycles. The van der Waals surface area contributed by atoms with Gasteiger partial charge in [-0.15, -0.1) is 0 Å². The average molecular weight is 284 g/mol. The quantitative estimate of drug-likeness (QED) is 0.872. The summed E-state index contributed by atoms with van der Waals surface area (Å²) in [4.78, 5) is 16.0. The maximum absolute atomic E-state index is 11.5. The van der Waals surface area contributed by atoms with Crippen molar-refractivity contribution in [3.63, 3.8) is 0 Å². The predicted octanol–water partition coefficient (Wildman–Crippen LogP) is 3.77. The lowest BCUT2D eigenvalue weighted by Crippen LogP contribution is -2.22. The van der Waals surface area contributed by atoms with E-state index in [0.29, 0.717) is 11.6 Å². The Morgan fingerprint density at radius 1 is 1.19 bits per heavy atom. The van der Waals surface area contributed by atoms with Crippen LogP contribution in [-0.2, 0) is 4.74 Å². The van der Waals surface area contributed by atoms with Gasteiger partial charge in [-0.2, -0.15) is 0 Å². The average Bonchev–Trinajstić information content (AvgIpc) is 2.54. The first kappa shape index (κ1) is 13.9. The molecule has 0 radical (unpaired) electrons. The number of nitrogens with zero attached hydrogens (tertiary/aromatic N) is 1. The molecule has 1 heterocycles. The van der Waals surface area contributed by atoms with Gasteiger partial charge in [0.15, 0.2) is 0 Å². The number of benzene rings is 1. The van der Waals surface area contributed by atoms with Crippen molar-refractivity contribution in [2.45, 2.75) is 38.1 Å². The number of nitrogens with one attached hydrogen (secondary N) is 1. The van der Waals surface area contributed by atoms with Crippen LogP contribution in [0.15, 0.2) is 30.5 Å². The molecule has 4 nitrogen and oxygen atoms in total. The van der Waals surface area contributed by atoms with Gasteiger partial charge in [0.2, 0.25) is 0 Å². The molecule has 0 spiro atoms. The summed E-state index contributed by atoms with van der Waals surface area (Å²) in [5, 5.41) is 5.55. The van der Waals surface area contributed by atoms with Crippen LogP contribution < -0.4 is 5.32 Å². The van der Waals surface area contributed by atoms with Crippen molar-refractivity contribution < 1.29 is 9.53 Å². The number of carbonyl (C=O) groups excluding carboxylic acids is 1. The fourth-order valence-electron chi connectivity index (χ4n) is 2.92. The number of hydrogen-bond acceptors (Lipinski definition) is 4. The summed E-state index contributed by atoms with van der Waals surface area (Å²) in [6.07, 6.45) is 8.20. The van der Waals surface area contributed by atoms with E-state index in [9.17, 15) is 4.79 Å². The highest BCUT2D eigenvalue weighted by Crippen LogP contribution is 2.23. The lowest BCUT2D eigenvalue weighted by molar-refractivity contribution is 0.0601. The number of rotatable bonds is 3. The van der Waals surface area contributed by atoms with Crippen molar-refractivity contribution in [1.82, 2.24) is 4.98 Å². The third kappa shape index (κ3) is 3.15. The summed E-state index contributed by atoms with van der Waals surface area (Å²) < 4.78 is 4.74. The van der Waals surface area contributed by atoms with Gasteiger partial charge in [0.05, 0.1) is 12.7 Å². The standard InChI is InChI=1S/C17H20N2O2/c1-21-17(20)13-8-7-12-10-16(18-11-14(12)9-13)19-15-5-3-2-4-6-15/h7-11,15H,2-6H2,1H3,(H,18,19). The molecule has 2 aromatic rings. The number of ether oxygens (including phenoxy) is 1. The number of aromatic nitrogens is 1. The summed E-state index contributed by atoms with van der Waals surface area (Å²) in [6.45, 7) is 0. The third-order valence-corrected chi connectivity index (χ3v) is 4.10. The first-order valence-corrected chi connectivity index (χ1v) is 7.51. The summed E-state index contributed by atoms with van der Waals surface area (Å²) in [5.41, 5.74) is 0.555. The monoisotopic (exact) mass is 284 g/mol. The Hall–Kier alpha value is -2.10. The molecule has 4 heteroatoms. The Morgan fingerprint density at radius 3 is 2.76 bits per heavy atom. The Balaban J connectivity index is 1.81. The largest absolute Gasteiger partial charge is 0.465 e. The minimum absolute atomic E-state index is 0.318. The molecule has 0 unspecified atom stereocenters. The van der Waals surface area contributed by atoms with Crippen molar-refractivity contribution in [3.8, 4) is 0 Å². The normalized spacial score (nSPS) is 15.9. The number of hydrogen-bond donors (Lipinski definition) is 1. The van der Waals surface area contributed by atoms with Crippen LogP contribution in [0.1, 0.15) is 42.5 Å². The van der Waals surface area contributed by atoms with Crippen LogP contribution in [0.2, 0.25) is 0 Å². The highest BCUT2D eigenvalue weighted by Gasteiger charge is 2.13. The van der Waals surface area contributed by atoms with Crippen molar-refractivity contribution in [2.75, 3.05) is 12.4 Å². The van der Waals surface area contributed by atoms with Crippen molar-refractivity contribution in [3.05, 3.63) is 36.0 Å². The molecule has 1 aliphatic rings. The second kappa shape index (κ2) is 6.12. The predicted molar refractivity (Wildman–Crippen MR) is 83.6 cm³/mol. The third-order valence-electron chi connectivity index (χ3n) is 4.10. The summed E-state index contributed by atoms with van der Waals surface area (Å²) >= 11 is 0. The maximum atomic E-state index is 11.5. The van der Waals surface area contributed by atoms with E-state index in [1.807, 2.05) is 24.4 Å². The molecule has 1 aromatic carbocycles. The second-order valence-corrected chi connectivity index (χ2v) is 5.60. The van der Waals surface area contributed by atoms with Crippen LogP contribution in [0.25, 0.3) is 10.8 Å². The number of fused-ring (bicyclic) bond motifs is 1. The first-order chi connectivity index (χ1) is 10.3. The fraction of sp³-hybridized carbons (Fsp3) is 0.412. The maximum Gasteiger partial charge on any atom is 0.337 e. The van der Waals surface area contributed by atoms with Gasteiger partial charge in [0, 0.05) is 17.6 Å². The molecular formula is C17H20N2O2. The summed E-state index contributed by atoms with van der Waals surface area (Å²) in [5.74, 6) is 0.599. The van der Waals surface area contributed by atoms with E-state index < -0.39 is 0 Å². The lowest BCUT2D eigenvalue weighted by Gasteiger charge is -2.23. The van der Waals surface area contributed by atoms with Crippen LogP contribution in [0.3, 0.4) is 0 Å². The van der Waals surface area contributed by atoms with E-state index in [0.717, 1.165) is 16.6 Å². The topological polar surface area (TPSA) is 51.2 Å². The molecule has 0 aliphatic heterocycles. The first-order valence-electron chi connectivity index (χ1n) is 7.51. The number of methoxy groups -OCH3 is 1. The zero-order valence-corrected chi connectivity index (χ0v) is 12.3. The SMILES string of the molecule is COC(=O)c1ccc2cc(NC3CCCCC3)ncc2c1. The molecule has 1 aromatic heterocycles. The van der Waals surface area contributed by atoms with Crippen LogP contribution in [-0.4, -0.2) is 24.1 Å². The van der Waals surface area contributed by atoms with Gasteiger partial charge in [-0.1, -0.05) is 25.3 Å². The van der Waals surface area contributed by atoms with E-state index >= 15 is 0 Å². The minimum Gasteiger partial charge on any atom is -0.465 e. The minimum atomic E-state index is -0.318. The van der Waals surface area contributed by atoms with Gasteiger partial charge in [-0.3, -0.25) is 0 Å².